The molecule has 0 spiro atoms. The number of hydrogen-bond donors (Lipinski definition) is 0. The fourth-order valence-corrected chi connectivity index (χ4v) is 2.94. The van der Waals surface area contributed by atoms with Gasteiger partial charge in [-0.05, 0) is 25.3 Å². The minimum atomic E-state index is -0.615. The molecule has 21 heavy (non-hydrogen) atoms. The Balaban J connectivity index is 2.54. The molecule has 2 unspecified atom stereocenters. The molecule has 5 heteroatoms. The smallest absolute Gasteiger partial charge is 0.153 e. The van der Waals surface area contributed by atoms with Crippen molar-refractivity contribution >= 4 is 22.6 Å². The van der Waals surface area contributed by atoms with Crippen molar-refractivity contribution in [3.8, 4) is 0 Å². The van der Waals surface area contributed by atoms with Crippen LogP contribution in [0.15, 0.2) is 12.1 Å². The fourth-order valence-electron chi connectivity index (χ4n) is 2.78. The summed E-state index contributed by atoms with van der Waals surface area (Å²) in [6.07, 6.45) is 2.56. The van der Waals surface area contributed by atoms with Crippen LogP contribution in [0.2, 0.25) is 0 Å². The Morgan fingerprint density at radius 3 is 2.62 bits per heavy atom. The van der Waals surface area contributed by atoms with Gasteiger partial charge in [-0.3, -0.25) is 0 Å². The average Bonchev–Trinajstić information content (AvgIpc) is 2.77. The Hall–Kier alpha value is -1.16. The van der Waals surface area contributed by atoms with E-state index in [2.05, 4.69) is 25.8 Å². The van der Waals surface area contributed by atoms with Crippen LogP contribution in [0.3, 0.4) is 0 Å². The van der Waals surface area contributed by atoms with E-state index in [-0.39, 0.29) is 11.6 Å². The van der Waals surface area contributed by atoms with E-state index in [9.17, 15) is 8.78 Å². The highest BCUT2D eigenvalue weighted by Gasteiger charge is 2.20. The lowest BCUT2D eigenvalue weighted by Crippen LogP contribution is -2.13. The van der Waals surface area contributed by atoms with Crippen molar-refractivity contribution < 1.29 is 8.78 Å². The van der Waals surface area contributed by atoms with Gasteiger partial charge in [-0.1, -0.05) is 20.3 Å². The summed E-state index contributed by atoms with van der Waals surface area (Å²) < 4.78 is 29.4. The Morgan fingerprint density at radius 1 is 1.29 bits per heavy atom. The maximum Gasteiger partial charge on any atom is 0.153 e. The second-order valence-corrected chi connectivity index (χ2v) is 6.07. The van der Waals surface area contributed by atoms with Gasteiger partial charge in [-0.15, -0.1) is 11.6 Å². The number of imidazole rings is 1. The SMILES string of the molecule is CCC(C)CC(C)n1c(CCCl)nc2c(F)cc(F)cc21. The van der Waals surface area contributed by atoms with Crippen molar-refractivity contribution in [2.24, 2.45) is 5.92 Å². The summed E-state index contributed by atoms with van der Waals surface area (Å²) in [6, 6.07) is 2.36. The molecule has 2 rings (SSSR count). The number of alkyl halides is 1. The predicted molar refractivity (Wildman–Crippen MR) is 82.9 cm³/mol. The molecular formula is C16H21ClF2N2. The molecule has 0 amide bonds. The van der Waals surface area contributed by atoms with Crippen LogP contribution in [-0.2, 0) is 6.42 Å². The maximum atomic E-state index is 13.9. The van der Waals surface area contributed by atoms with Gasteiger partial charge in [0.2, 0.25) is 0 Å². The molecule has 0 aliphatic carbocycles. The third kappa shape index (κ3) is 3.37. The van der Waals surface area contributed by atoms with Gasteiger partial charge in [-0.25, -0.2) is 13.8 Å². The van der Waals surface area contributed by atoms with E-state index < -0.39 is 11.6 Å². The number of hydrogen-bond acceptors (Lipinski definition) is 1. The minimum Gasteiger partial charge on any atom is -0.325 e. The second kappa shape index (κ2) is 6.73. The van der Waals surface area contributed by atoms with Crippen molar-refractivity contribution in [1.29, 1.82) is 0 Å². The summed E-state index contributed by atoms with van der Waals surface area (Å²) in [7, 11) is 0. The zero-order chi connectivity index (χ0) is 15.6. The van der Waals surface area contributed by atoms with Crippen LogP contribution in [0.4, 0.5) is 8.78 Å². The third-order valence-electron chi connectivity index (χ3n) is 3.99. The lowest BCUT2D eigenvalue weighted by molar-refractivity contribution is 0.397. The van der Waals surface area contributed by atoms with Crippen LogP contribution < -0.4 is 0 Å². The molecule has 0 saturated carbocycles. The first kappa shape index (κ1) is 16.2. The van der Waals surface area contributed by atoms with Gasteiger partial charge < -0.3 is 4.57 Å². The van der Waals surface area contributed by atoms with E-state index in [1.807, 2.05) is 4.57 Å². The summed E-state index contributed by atoms with van der Waals surface area (Å²) in [5.74, 6) is 0.480. The highest BCUT2D eigenvalue weighted by Crippen LogP contribution is 2.28. The lowest BCUT2D eigenvalue weighted by atomic mass is 10.00. The van der Waals surface area contributed by atoms with Crippen molar-refractivity contribution in [3.63, 3.8) is 0 Å². The number of rotatable bonds is 6. The number of nitrogens with zero attached hydrogens (tertiary/aromatic N) is 2. The standard InChI is InChI=1S/C16H21ClF2N2/c1-4-10(2)7-11(3)21-14-9-12(18)8-13(19)16(14)20-15(21)5-6-17/h8-11H,4-7H2,1-3H3. The lowest BCUT2D eigenvalue weighted by Gasteiger charge is -2.20. The van der Waals surface area contributed by atoms with Crippen LogP contribution in [0.25, 0.3) is 11.0 Å². The molecular weight excluding hydrogens is 294 g/mol. The number of aromatic nitrogens is 2. The largest absolute Gasteiger partial charge is 0.325 e. The first-order valence-electron chi connectivity index (χ1n) is 7.39. The van der Waals surface area contributed by atoms with Crippen LogP contribution in [0.1, 0.15) is 45.5 Å². The number of benzene rings is 1. The molecule has 0 N–H and O–H groups in total. The minimum absolute atomic E-state index is 0.129. The molecule has 2 aromatic rings. The first-order chi connectivity index (χ1) is 9.97. The van der Waals surface area contributed by atoms with Gasteiger partial charge in [0.1, 0.15) is 17.2 Å². The van der Waals surface area contributed by atoms with Crippen molar-refractivity contribution in [2.45, 2.75) is 46.1 Å². The van der Waals surface area contributed by atoms with Crippen LogP contribution in [0, 0.1) is 17.6 Å². The zero-order valence-corrected chi connectivity index (χ0v) is 13.4. The predicted octanol–water partition coefficient (Wildman–Crippen LogP) is 5.09. The maximum absolute atomic E-state index is 13.9. The molecule has 0 saturated heterocycles. The molecule has 0 aliphatic rings. The first-order valence-corrected chi connectivity index (χ1v) is 7.93. The Morgan fingerprint density at radius 2 is 2.00 bits per heavy atom. The quantitative estimate of drug-likeness (QED) is 0.679. The molecule has 0 fully saturated rings. The van der Waals surface area contributed by atoms with Gasteiger partial charge >= 0.3 is 0 Å². The van der Waals surface area contributed by atoms with Crippen molar-refractivity contribution in [1.82, 2.24) is 9.55 Å². The normalized spacial score (nSPS) is 14.6. The van der Waals surface area contributed by atoms with Gasteiger partial charge in [0, 0.05) is 24.4 Å². The Labute approximate surface area is 129 Å². The van der Waals surface area contributed by atoms with E-state index in [1.54, 1.807) is 0 Å². The van der Waals surface area contributed by atoms with Gasteiger partial charge in [-0.2, -0.15) is 0 Å². The molecule has 0 aliphatic heterocycles. The summed E-state index contributed by atoms with van der Waals surface area (Å²) in [4.78, 5) is 4.33. The molecule has 2 atom stereocenters. The molecule has 1 aromatic carbocycles. The van der Waals surface area contributed by atoms with Gasteiger partial charge in [0.25, 0.3) is 0 Å². The monoisotopic (exact) mass is 314 g/mol. The van der Waals surface area contributed by atoms with Gasteiger partial charge in [0.05, 0.1) is 5.52 Å². The number of halogens is 3. The summed E-state index contributed by atoms with van der Waals surface area (Å²) >= 11 is 5.82. The van der Waals surface area contributed by atoms with E-state index in [1.165, 1.54) is 6.07 Å². The molecule has 2 nitrogen and oxygen atoms in total. The van der Waals surface area contributed by atoms with Crippen LogP contribution in [0.5, 0.6) is 0 Å². The average molecular weight is 315 g/mol. The Bertz CT molecular complexity index is 624. The zero-order valence-electron chi connectivity index (χ0n) is 12.7. The number of fused-ring (bicyclic) bond motifs is 1. The highest BCUT2D eigenvalue weighted by atomic mass is 35.5. The summed E-state index contributed by atoms with van der Waals surface area (Å²) in [6.45, 7) is 6.38. The third-order valence-corrected chi connectivity index (χ3v) is 4.17. The van der Waals surface area contributed by atoms with Gasteiger partial charge in [0.15, 0.2) is 5.82 Å². The van der Waals surface area contributed by atoms with E-state index in [0.29, 0.717) is 23.7 Å². The van der Waals surface area contributed by atoms with E-state index in [4.69, 9.17) is 11.6 Å². The highest BCUT2D eigenvalue weighted by molar-refractivity contribution is 6.17. The van der Waals surface area contributed by atoms with Crippen molar-refractivity contribution in [2.75, 3.05) is 5.88 Å². The van der Waals surface area contributed by atoms with Crippen LogP contribution >= 0.6 is 11.6 Å². The Kier molecular flexibility index (Phi) is 5.20. The number of aryl methyl sites for hydroxylation is 1. The van der Waals surface area contributed by atoms with E-state index >= 15 is 0 Å². The summed E-state index contributed by atoms with van der Waals surface area (Å²) in [5.41, 5.74) is 0.746. The molecule has 0 radical (unpaired) electrons. The van der Waals surface area contributed by atoms with E-state index in [0.717, 1.165) is 24.7 Å². The molecule has 1 aromatic heterocycles. The molecule has 116 valence electrons. The molecule has 1 heterocycles. The fraction of sp³-hybridized carbons (Fsp3) is 0.562. The second-order valence-electron chi connectivity index (χ2n) is 5.69. The van der Waals surface area contributed by atoms with Crippen molar-refractivity contribution in [3.05, 3.63) is 29.6 Å². The topological polar surface area (TPSA) is 17.8 Å². The molecule has 0 bridgehead atoms. The van der Waals surface area contributed by atoms with Crippen LogP contribution in [-0.4, -0.2) is 15.4 Å². The summed E-state index contributed by atoms with van der Waals surface area (Å²) in [5, 5.41) is 0.